The molecule has 0 aliphatic carbocycles. The number of pyridine rings is 1. The van der Waals surface area contributed by atoms with E-state index in [1.54, 1.807) is 35.5 Å². The average Bonchev–Trinajstić information content (AvgIpc) is 3.30. The SMILES string of the molecule is O=C(Nc1ccc2c(c1)OCO2)N1CC(c2nc(-c3cccnc3)no2)C1. The van der Waals surface area contributed by atoms with Gasteiger partial charge in [-0.15, -0.1) is 0 Å². The molecule has 3 aromatic rings. The zero-order valence-corrected chi connectivity index (χ0v) is 14.2. The zero-order chi connectivity index (χ0) is 18.2. The van der Waals surface area contributed by atoms with Gasteiger partial charge in [-0.3, -0.25) is 4.98 Å². The van der Waals surface area contributed by atoms with Crippen LogP contribution in [0.3, 0.4) is 0 Å². The molecule has 9 nitrogen and oxygen atoms in total. The Bertz CT molecular complexity index is 984. The number of likely N-dealkylation sites (tertiary alicyclic amines) is 1. The molecule has 0 atom stereocenters. The summed E-state index contributed by atoms with van der Waals surface area (Å²) in [5.41, 5.74) is 1.45. The van der Waals surface area contributed by atoms with Crippen LogP contribution in [0.1, 0.15) is 11.8 Å². The lowest BCUT2D eigenvalue weighted by Crippen LogP contribution is -2.50. The van der Waals surface area contributed by atoms with Gasteiger partial charge in [-0.1, -0.05) is 5.16 Å². The van der Waals surface area contributed by atoms with Crippen LogP contribution >= 0.6 is 0 Å². The highest BCUT2D eigenvalue weighted by molar-refractivity contribution is 5.90. The summed E-state index contributed by atoms with van der Waals surface area (Å²) in [5, 5.41) is 6.84. The molecule has 1 saturated heterocycles. The summed E-state index contributed by atoms with van der Waals surface area (Å²) in [5.74, 6) is 2.37. The van der Waals surface area contributed by atoms with Crippen LogP contribution in [0.25, 0.3) is 11.4 Å². The van der Waals surface area contributed by atoms with E-state index in [2.05, 4.69) is 20.4 Å². The molecule has 0 unspecified atom stereocenters. The van der Waals surface area contributed by atoms with Crippen molar-refractivity contribution in [2.24, 2.45) is 0 Å². The second kappa shape index (κ2) is 6.27. The van der Waals surface area contributed by atoms with E-state index < -0.39 is 0 Å². The first-order valence-corrected chi connectivity index (χ1v) is 8.46. The first-order valence-electron chi connectivity index (χ1n) is 8.46. The predicted molar refractivity (Wildman–Crippen MR) is 93.4 cm³/mol. The smallest absolute Gasteiger partial charge is 0.321 e. The Morgan fingerprint density at radius 1 is 1.19 bits per heavy atom. The summed E-state index contributed by atoms with van der Waals surface area (Å²) in [4.78, 5) is 22.5. The standard InChI is InChI=1S/C18H15N5O4/c24-18(20-13-3-4-14-15(6-13)26-10-25-14)23-8-12(9-23)17-21-16(22-27-17)11-2-1-5-19-7-11/h1-7,12H,8-10H2,(H,20,24). The minimum atomic E-state index is -0.183. The molecule has 0 saturated carbocycles. The summed E-state index contributed by atoms with van der Waals surface area (Å²) >= 11 is 0. The summed E-state index contributed by atoms with van der Waals surface area (Å²) in [7, 11) is 0. The topological polar surface area (TPSA) is 103 Å². The molecule has 1 aromatic carbocycles. The number of rotatable bonds is 3. The van der Waals surface area contributed by atoms with Gasteiger partial charge in [0.25, 0.3) is 0 Å². The van der Waals surface area contributed by atoms with Crippen LogP contribution in [0.2, 0.25) is 0 Å². The third kappa shape index (κ3) is 2.92. The van der Waals surface area contributed by atoms with Gasteiger partial charge in [0.1, 0.15) is 0 Å². The molecule has 1 fully saturated rings. The van der Waals surface area contributed by atoms with Crippen LogP contribution in [-0.2, 0) is 0 Å². The van der Waals surface area contributed by atoms with Crippen molar-refractivity contribution in [1.82, 2.24) is 20.0 Å². The molecule has 2 aromatic heterocycles. The van der Waals surface area contributed by atoms with Gasteiger partial charge in [-0.05, 0) is 24.3 Å². The maximum atomic E-state index is 12.4. The fourth-order valence-electron chi connectivity index (χ4n) is 2.99. The summed E-state index contributed by atoms with van der Waals surface area (Å²) in [6.07, 6.45) is 3.37. The Hall–Kier alpha value is -3.62. The fourth-order valence-corrected chi connectivity index (χ4v) is 2.99. The van der Waals surface area contributed by atoms with Gasteiger partial charge in [0.05, 0.1) is 5.92 Å². The van der Waals surface area contributed by atoms with Gasteiger partial charge in [-0.2, -0.15) is 4.98 Å². The molecule has 5 rings (SSSR count). The van der Waals surface area contributed by atoms with Crippen molar-refractivity contribution >= 4 is 11.7 Å². The number of nitrogens with one attached hydrogen (secondary N) is 1. The molecule has 2 aliphatic heterocycles. The molecule has 4 heterocycles. The van der Waals surface area contributed by atoms with E-state index in [1.165, 1.54) is 0 Å². The average molecular weight is 365 g/mol. The minimum Gasteiger partial charge on any atom is -0.454 e. The molecular weight excluding hydrogens is 350 g/mol. The van der Waals surface area contributed by atoms with E-state index in [4.69, 9.17) is 14.0 Å². The normalized spacial score (nSPS) is 15.5. The van der Waals surface area contributed by atoms with E-state index in [0.717, 1.165) is 5.56 Å². The lowest BCUT2D eigenvalue weighted by Gasteiger charge is -2.36. The second-order valence-corrected chi connectivity index (χ2v) is 6.30. The number of urea groups is 1. The number of ether oxygens (including phenoxy) is 2. The maximum absolute atomic E-state index is 12.4. The van der Waals surface area contributed by atoms with E-state index in [9.17, 15) is 4.79 Å². The number of benzene rings is 1. The monoisotopic (exact) mass is 365 g/mol. The van der Waals surface area contributed by atoms with Crippen LogP contribution in [0.15, 0.2) is 47.2 Å². The Morgan fingerprint density at radius 2 is 2.07 bits per heavy atom. The zero-order valence-electron chi connectivity index (χ0n) is 14.2. The summed E-state index contributed by atoms with van der Waals surface area (Å²) in [6, 6.07) is 8.80. The number of hydrogen-bond donors (Lipinski definition) is 1. The van der Waals surface area contributed by atoms with Gasteiger partial charge in [0, 0.05) is 42.8 Å². The largest absolute Gasteiger partial charge is 0.454 e. The maximum Gasteiger partial charge on any atom is 0.321 e. The van der Waals surface area contributed by atoms with E-state index in [-0.39, 0.29) is 18.7 Å². The highest BCUT2D eigenvalue weighted by Crippen LogP contribution is 2.34. The van der Waals surface area contributed by atoms with Gasteiger partial charge < -0.3 is 24.2 Å². The van der Waals surface area contributed by atoms with Gasteiger partial charge >= 0.3 is 6.03 Å². The molecule has 2 aliphatic rings. The molecule has 27 heavy (non-hydrogen) atoms. The predicted octanol–water partition coefficient (Wildman–Crippen LogP) is 2.49. The number of hydrogen-bond acceptors (Lipinski definition) is 7. The molecule has 9 heteroatoms. The Kier molecular flexibility index (Phi) is 3.63. The summed E-state index contributed by atoms with van der Waals surface area (Å²) < 4.78 is 15.9. The first-order chi connectivity index (χ1) is 13.3. The van der Waals surface area contributed by atoms with Gasteiger partial charge in [0.15, 0.2) is 11.5 Å². The number of anilines is 1. The Labute approximate surface area is 153 Å². The van der Waals surface area contributed by atoms with Crippen molar-refractivity contribution in [2.45, 2.75) is 5.92 Å². The van der Waals surface area contributed by atoms with Crippen molar-refractivity contribution in [3.8, 4) is 22.9 Å². The van der Waals surface area contributed by atoms with E-state index in [1.807, 2.05) is 12.1 Å². The summed E-state index contributed by atoms with van der Waals surface area (Å²) in [6.45, 7) is 1.24. The minimum absolute atomic E-state index is 0.0328. The molecule has 0 radical (unpaired) electrons. The number of amides is 2. The Balaban J connectivity index is 1.19. The van der Waals surface area contributed by atoms with Crippen molar-refractivity contribution in [3.05, 3.63) is 48.6 Å². The van der Waals surface area contributed by atoms with Crippen LogP contribution in [0.5, 0.6) is 11.5 Å². The van der Waals surface area contributed by atoms with Gasteiger partial charge in [-0.25, -0.2) is 4.79 Å². The number of carbonyl (C=O) groups excluding carboxylic acids is 1. The number of aromatic nitrogens is 3. The van der Waals surface area contributed by atoms with Crippen molar-refractivity contribution in [2.75, 3.05) is 25.2 Å². The quantitative estimate of drug-likeness (QED) is 0.760. The molecule has 1 N–H and O–H groups in total. The van der Waals surface area contributed by atoms with E-state index >= 15 is 0 Å². The number of nitrogens with zero attached hydrogens (tertiary/aromatic N) is 4. The van der Waals surface area contributed by atoms with Crippen molar-refractivity contribution < 1.29 is 18.8 Å². The lowest BCUT2D eigenvalue weighted by molar-refractivity contribution is 0.147. The first kappa shape index (κ1) is 15.6. The van der Waals surface area contributed by atoms with Crippen LogP contribution in [-0.4, -0.2) is 45.9 Å². The van der Waals surface area contributed by atoms with E-state index in [0.29, 0.717) is 42.0 Å². The molecule has 0 spiro atoms. The van der Waals surface area contributed by atoms with Crippen molar-refractivity contribution in [1.29, 1.82) is 0 Å². The highest BCUT2D eigenvalue weighted by Gasteiger charge is 2.36. The molecular formula is C18H15N5O4. The molecule has 136 valence electrons. The number of carbonyl (C=O) groups is 1. The third-order valence-electron chi connectivity index (χ3n) is 4.50. The fraction of sp³-hybridized carbons (Fsp3) is 0.222. The number of fused-ring (bicyclic) bond motifs is 1. The third-order valence-corrected chi connectivity index (χ3v) is 4.50. The van der Waals surface area contributed by atoms with Crippen LogP contribution in [0.4, 0.5) is 10.5 Å². The Morgan fingerprint density at radius 3 is 2.93 bits per heavy atom. The second-order valence-electron chi connectivity index (χ2n) is 6.30. The highest BCUT2D eigenvalue weighted by atomic mass is 16.7. The van der Waals surface area contributed by atoms with Crippen LogP contribution < -0.4 is 14.8 Å². The van der Waals surface area contributed by atoms with Crippen molar-refractivity contribution in [3.63, 3.8) is 0 Å². The lowest BCUT2D eigenvalue weighted by atomic mass is 10.0. The molecule has 0 bridgehead atoms. The van der Waals surface area contributed by atoms with Gasteiger partial charge in [0.2, 0.25) is 18.5 Å². The van der Waals surface area contributed by atoms with Crippen LogP contribution in [0, 0.1) is 0 Å². The molecule has 2 amide bonds.